The summed E-state index contributed by atoms with van der Waals surface area (Å²) in [6.45, 7) is -1.47. The number of aromatic nitrogens is 3. The van der Waals surface area contributed by atoms with Gasteiger partial charge in [-0.1, -0.05) is 0 Å². The number of halogens is 3. The molecule has 1 heterocycles. The van der Waals surface area contributed by atoms with Crippen molar-refractivity contribution in [2.45, 2.75) is 21.1 Å². The van der Waals surface area contributed by atoms with E-state index in [0.29, 0.717) is 10.8 Å². The van der Waals surface area contributed by atoms with Crippen molar-refractivity contribution in [2.75, 3.05) is 11.3 Å². The molecule has 0 fully saturated rings. The number of alkyl halides is 3. The second-order valence-corrected chi connectivity index (χ2v) is 9.00. The van der Waals surface area contributed by atoms with E-state index in [2.05, 4.69) is 14.9 Å². The Hall–Kier alpha value is -3.06. The van der Waals surface area contributed by atoms with Crippen LogP contribution in [0.2, 0.25) is 0 Å². The minimum absolute atomic E-state index is 0.0895. The van der Waals surface area contributed by atoms with Gasteiger partial charge in [-0.3, -0.25) is 9.52 Å². The summed E-state index contributed by atoms with van der Waals surface area (Å²) in [6, 6.07) is 11.1. The average Bonchev–Trinajstić information content (AvgIpc) is 3.11. The zero-order valence-electron chi connectivity index (χ0n) is 15.9. The number of anilines is 1. The molecule has 0 spiro atoms. The summed E-state index contributed by atoms with van der Waals surface area (Å²) in [6.07, 6.45) is -2.97. The van der Waals surface area contributed by atoms with Gasteiger partial charge in [0.05, 0.1) is 4.90 Å². The summed E-state index contributed by atoms with van der Waals surface area (Å²) < 4.78 is 65.8. The van der Waals surface area contributed by atoms with E-state index < -0.39 is 28.7 Å². The van der Waals surface area contributed by atoms with Crippen molar-refractivity contribution in [1.82, 2.24) is 20.1 Å². The summed E-state index contributed by atoms with van der Waals surface area (Å²) in [7, 11) is -2.15. The SMILES string of the molecule is Cn1cnnc1Sc1ccc(NS(=O)(=O)c2ccc(C(=O)NCC(F)(F)F)cc2)cc1. The number of nitrogens with one attached hydrogen (secondary N) is 2. The molecule has 3 aromatic rings. The third kappa shape index (κ3) is 6.21. The molecule has 0 atom stereocenters. The topological polar surface area (TPSA) is 106 Å². The Morgan fingerprint density at radius 2 is 1.74 bits per heavy atom. The van der Waals surface area contributed by atoms with E-state index in [1.54, 1.807) is 47.5 Å². The van der Waals surface area contributed by atoms with E-state index in [4.69, 9.17) is 0 Å². The molecule has 0 radical (unpaired) electrons. The molecule has 0 saturated carbocycles. The summed E-state index contributed by atoms with van der Waals surface area (Å²) in [5.41, 5.74) is 0.225. The van der Waals surface area contributed by atoms with Gasteiger partial charge in [0.25, 0.3) is 15.9 Å². The van der Waals surface area contributed by atoms with Crippen molar-refractivity contribution >= 4 is 33.4 Å². The lowest BCUT2D eigenvalue weighted by Gasteiger charge is -2.10. The Morgan fingerprint density at radius 3 is 2.29 bits per heavy atom. The van der Waals surface area contributed by atoms with Gasteiger partial charge >= 0.3 is 6.18 Å². The number of rotatable bonds is 7. The first kappa shape index (κ1) is 22.6. The molecule has 1 amide bonds. The van der Waals surface area contributed by atoms with Crippen LogP contribution in [0.1, 0.15) is 10.4 Å². The molecule has 8 nitrogen and oxygen atoms in total. The highest BCUT2D eigenvalue weighted by Crippen LogP contribution is 2.27. The monoisotopic (exact) mass is 471 g/mol. The molecule has 0 saturated heterocycles. The van der Waals surface area contributed by atoms with Gasteiger partial charge < -0.3 is 9.88 Å². The zero-order valence-corrected chi connectivity index (χ0v) is 17.6. The van der Waals surface area contributed by atoms with Gasteiger partial charge in [-0.2, -0.15) is 13.2 Å². The van der Waals surface area contributed by atoms with E-state index >= 15 is 0 Å². The van der Waals surface area contributed by atoms with Crippen molar-refractivity contribution in [2.24, 2.45) is 7.05 Å². The maximum atomic E-state index is 12.5. The average molecular weight is 471 g/mol. The fourth-order valence-electron chi connectivity index (χ4n) is 2.34. The Balaban J connectivity index is 1.65. The number of benzene rings is 2. The fourth-order valence-corrected chi connectivity index (χ4v) is 4.16. The van der Waals surface area contributed by atoms with Crippen LogP contribution in [0.15, 0.2) is 69.8 Å². The van der Waals surface area contributed by atoms with Crippen LogP contribution in [0.25, 0.3) is 0 Å². The standard InChI is InChI=1S/C18H16F3N5O3S2/c1-26-11-23-24-17(26)30-14-6-4-13(5-7-14)25-31(28,29)15-8-2-12(3-9-15)16(27)22-10-18(19,20)21/h2-9,11,25H,10H2,1H3,(H,22,27). The molecule has 0 aliphatic heterocycles. The molecule has 164 valence electrons. The molecule has 2 aromatic carbocycles. The summed E-state index contributed by atoms with van der Waals surface area (Å²) >= 11 is 1.36. The van der Waals surface area contributed by atoms with Crippen LogP contribution in [0.5, 0.6) is 0 Å². The molecule has 31 heavy (non-hydrogen) atoms. The second-order valence-electron chi connectivity index (χ2n) is 6.28. The van der Waals surface area contributed by atoms with E-state index in [-0.39, 0.29) is 10.5 Å². The number of carbonyl (C=O) groups excluding carboxylic acids is 1. The van der Waals surface area contributed by atoms with Crippen LogP contribution < -0.4 is 10.0 Å². The third-order valence-corrected chi connectivity index (χ3v) is 6.32. The van der Waals surface area contributed by atoms with Crippen LogP contribution in [-0.4, -0.2) is 41.8 Å². The number of aryl methyl sites for hydroxylation is 1. The van der Waals surface area contributed by atoms with E-state index in [9.17, 15) is 26.4 Å². The lowest BCUT2D eigenvalue weighted by atomic mass is 10.2. The minimum atomic E-state index is -4.54. The van der Waals surface area contributed by atoms with Gasteiger partial charge in [0.1, 0.15) is 12.9 Å². The predicted molar refractivity (Wildman–Crippen MR) is 107 cm³/mol. The van der Waals surface area contributed by atoms with Gasteiger partial charge in [-0.05, 0) is 60.3 Å². The third-order valence-electron chi connectivity index (χ3n) is 3.86. The predicted octanol–water partition coefficient (Wildman–Crippen LogP) is 3.06. The van der Waals surface area contributed by atoms with Crippen molar-refractivity contribution in [3.63, 3.8) is 0 Å². The lowest BCUT2D eigenvalue weighted by Crippen LogP contribution is -2.33. The normalized spacial score (nSPS) is 11.9. The minimum Gasteiger partial charge on any atom is -0.343 e. The molecule has 3 rings (SSSR count). The van der Waals surface area contributed by atoms with Crippen LogP contribution in [0.4, 0.5) is 18.9 Å². The van der Waals surface area contributed by atoms with Crippen molar-refractivity contribution in [3.05, 3.63) is 60.4 Å². The maximum absolute atomic E-state index is 12.5. The summed E-state index contributed by atoms with van der Waals surface area (Å²) in [5, 5.41) is 10.1. The number of nitrogens with zero attached hydrogens (tertiary/aromatic N) is 3. The van der Waals surface area contributed by atoms with Crippen molar-refractivity contribution in [3.8, 4) is 0 Å². The summed E-state index contributed by atoms with van der Waals surface area (Å²) in [4.78, 5) is 12.4. The summed E-state index contributed by atoms with van der Waals surface area (Å²) in [5.74, 6) is -0.953. The van der Waals surface area contributed by atoms with Gasteiger partial charge in [0.2, 0.25) is 0 Å². The van der Waals surface area contributed by atoms with Gasteiger partial charge in [0.15, 0.2) is 5.16 Å². The number of hydrogen-bond acceptors (Lipinski definition) is 6. The van der Waals surface area contributed by atoms with Crippen molar-refractivity contribution in [1.29, 1.82) is 0 Å². The first-order valence-corrected chi connectivity index (χ1v) is 10.9. The number of carbonyl (C=O) groups is 1. The largest absolute Gasteiger partial charge is 0.405 e. The quantitative estimate of drug-likeness (QED) is 0.549. The smallest absolute Gasteiger partial charge is 0.343 e. The van der Waals surface area contributed by atoms with Crippen LogP contribution >= 0.6 is 11.8 Å². The molecule has 0 aliphatic carbocycles. The molecule has 1 aromatic heterocycles. The number of hydrogen-bond donors (Lipinski definition) is 2. The Labute approximate surface area is 179 Å². The first-order chi connectivity index (χ1) is 14.5. The molecule has 13 heteroatoms. The number of amides is 1. The molecular formula is C18H16F3N5O3S2. The maximum Gasteiger partial charge on any atom is 0.405 e. The van der Waals surface area contributed by atoms with Crippen LogP contribution in [-0.2, 0) is 17.1 Å². The fraction of sp³-hybridized carbons (Fsp3) is 0.167. The lowest BCUT2D eigenvalue weighted by molar-refractivity contribution is -0.123. The van der Waals surface area contributed by atoms with Gasteiger partial charge in [-0.25, -0.2) is 8.42 Å². The molecule has 0 bridgehead atoms. The van der Waals surface area contributed by atoms with Crippen LogP contribution in [0, 0.1) is 0 Å². The van der Waals surface area contributed by atoms with E-state index in [1.807, 2.05) is 0 Å². The first-order valence-electron chi connectivity index (χ1n) is 8.63. The molecule has 0 aliphatic rings. The highest BCUT2D eigenvalue weighted by molar-refractivity contribution is 7.99. The highest BCUT2D eigenvalue weighted by Gasteiger charge is 2.28. The second kappa shape index (κ2) is 8.98. The van der Waals surface area contributed by atoms with Crippen molar-refractivity contribution < 1.29 is 26.4 Å². The Morgan fingerprint density at radius 1 is 1.10 bits per heavy atom. The Bertz CT molecular complexity index is 1160. The zero-order chi connectivity index (χ0) is 22.6. The Kier molecular flexibility index (Phi) is 6.55. The molecular weight excluding hydrogens is 455 g/mol. The number of sulfonamides is 1. The molecule has 0 unspecified atom stereocenters. The van der Waals surface area contributed by atoms with E-state index in [0.717, 1.165) is 29.2 Å². The van der Waals surface area contributed by atoms with Gasteiger partial charge in [-0.15, -0.1) is 10.2 Å². The van der Waals surface area contributed by atoms with Gasteiger partial charge in [0, 0.05) is 23.2 Å². The molecule has 2 N–H and O–H groups in total. The van der Waals surface area contributed by atoms with E-state index in [1.165, 1.54) is 11.8 Å². The van der Waals surface area contributed by atoms with Crippen LogP contribution in [0.3, 0.4) is 0 Å². The highest BCUT2D eigenvalue weighted by atomic mass is 32.2.